The van der Waals surface area contributed by atoms with Crippen molar-refractivity contribution in [2.24, 2.45) is 0 Å². The van der Waals surface area contributed by atoms with E-state index in [1.807, 2.05) is 0 Å². The lowest BCUT2D eigenvalue weighted by molar-refractivity contribution is -0.268. The van der Waals surface area contributed by atoms with Gasteiger partial charge in [0.25, 0.3) is 0 Å². The van der Waals surface area contributed by atoms with Gasteiger partial charge in [-0.2, -0.15) is 12.6 Å². The molecule has 0 aliphatic rings. The van der Waals surface area contributed by atoms with E-state index in [0.29, 0.717) is 5.75 Å². The summed E-state index contributed by atoms with van der Waals surface area (Å²) in [6, 6.07) is 3.34. The van der Waals surface area contributed by atoms with Gasteiger partial charge >= 0.3 is 11.9 Å². The molecule has 0 fully saturated rings. The molecule has 0 heterocycles. The summed E-state index contributed by atoms with van der Waals surface area (Å²) in [5.74, 6) is -2.13. The van der Waals surface area contributed by atoms with Crippen LogP contribution in [-0.4, -0.2) is 22.8 Å². The normalized spacial score (nSPS) is 9.81. The van der Waals surface area contributed by atoms with Crippen LogP contribution in [0.5, 0.6) is 11.5 Å². The van der Waals surface area contributed by atoms with Gasteiger partial charge in [-0.15, -0.1) is 0 Å². The van der Waals surface area contributed by atoms with E-state index in [2.05, 4.69) is 12.6 Å². The van der Waals surface area contributed by atoms with Gasteiger partial charge in [0.15, 0.2) is 0 Å². The van der Waals surface area contributed by atoms with Crippen molar-refractivity contribution in [1.29, 1.82) is 0 Å². The minimum Gasteiger partial charge on any atom is -0.872 e. The monoisotopic (exact) mass is 241 g/mol. The summed E-state index contributed by atoms with van der Waals surface area (Å²) < 4.78 is 4.79. The van der Waals surface area contributed by atoms with Crippen LogP contribution in [0.3, 0.4) is 0 Å². The number of thiol groups is 1. The lowest BCUT2D eigenvalue weighted by Gasteiger charge is -2.11. The van der Waals surface area contributed by atoms with Gasteiger partial charge in [-0.3, -0.25) is 4.79 Å². The first-order chi connectivity index (χ1) is 7.54. The number of carbonyl (C=O) groups is 2. The first-order valence-electron chi connectivity index (χ1n) is 4.40. The molecule has 0 atom stereocenters. The van der Waals surface area contributed by atoms with E-state index < -0.39 is 17.7 Å². The summed E-state index contributed by atoms with van der Waals surface area (Å²) >= 11 is 3.85. The van der Waals surface area contributed by atoms with Crippen molar-refractivity contribution >= 4 is 24.6 Å². The quantitative estimate of drug-likeness (QED) is 0.460. The number of carboxylic acids is 1. The molecule has 0 amide bonds. The van der Waals surface area contributed by atoms with Gasteiger partial charge in [-0.1, -0.05) is 5.75 Å². The van der Waals surface area contributed by atoms with E-state index in [9.17, 15) is 14.7 Å². The average molecular weight is 241 g/mol. The molecule has 6 heteroatoms. The van der Waals surface area contributed by atoms with E-state index in [1.54, 1.807) is 0 Å². The number of hydrogen-bond acceptors (Lipinski definition) is 5. The van der Waals surface area contributed by atoms with Gasteiger partial charge in [-0.25, -0.2) is 4.79 Å². The Balaban J connectivity index is 2.81. The van der Waals surface area contributed by atoms with Crippen molar-refractivity contribution in [1.82, 2.24) is 0 Å². The van der Waals surface area contributed by atoms with Crippen molar-refractivity contribution in [3.8, 4) is 11.5 Å². The van der Waals surface area contributed by atoms with Crippen LogP contribution in [0, 0.1) is 0 Å². The van der Waals surface area contributed by atoms with Crippen LogP contribution >= 0.6 is 12.6 Å². The molecular formula is C10H9O5S-. The molecular weight excluding hydrogens is 232 g/mol. The first-order valence-corrected chi connectivity index (χ1v) is 5.03. The Morgan fingerprint density at radius 3 is 2.62 bits per heavy atom. The molecule has 0 radical (unpaired) electrons. The number of carboxylic acid groups (broad SMARTS) is 1. The highest BCUT2D eigenvalue weighted by Gasteiger charge is 2.07. The Morgan fingerprint density at radius 2 is 2.12 bits per heavy atom. The van der Waals surface area contributed by atoms with Crippen LogP contribution in [0.2, 0.25) is 0 Å². The molecule has 0 bridgehead atoms. The van der Waals surface area contributed by atoms with E-state index in [-0.39, 0.29) is 17.7 Å². The van der Waals surface area contributed by atoms with E-state index >= 15 is 0 Å². The second-order valence-electron chi connectivity index (χ2n) is 2.91. The Bertz CT molecular complexity index is 416. The third-order valence-corrected chi connectivity index (χ3v) is 1.95. The molecule has 0 saturated carbocycles. The molecule has 0 spiro atoms. The lowest BCUT2D eigenvalue weighted by Crippen LogP contribution is -2.09. The maximum atomic E-state index is 11.2. The third kappa shape index (κ3) is 3.16. The largest absolute Gasteiger partial charge is 0.872 e. The molecule has 1 aromatic rings. The van der Waals surface area contributed by atoms with Gasteiger partial charge in [0.2, 0.25) is 0 Å². The third-order valence-electron chi connectivity index (χ3n) is 1.73. The number of hydrogen-bond donors (Lipinski definition) is 2. The number of ether oxygens (including phenoxy) is 1. The number of esters is 1. The summed E-state index contributed by atoms with van der Waals surface area (Å²) in [5.41, 5.74) is -0.353. The van der Waals surface area contributed by atoms with Crippen molar-refractivity contribution in [2.75, 3.05) is 5.75 Å². The van der Waals surface area contributed by atoms with Crippen LogP contribution in [-0.2, 0) is 4.79 Å². The predicted molar refractivity (Wildman–Crippen MR) is 57.0 cm³/mol. The van der Waals surface area contributed by atoms with Gasteiger partial charge in [0, 0.05) is 5.75 Å². The maximum Gasteiger partial charge on any atom is 0.335 e. The van der Waals surface area contributed by atoms with Gasteiger partial charge in [0.05, 0.1) is 12.0 Å². The fraction of sp³-hybridized carbons (Fsp3) is 0.200. The predicted octanol–water partition coefficient (Wildman–Crippen LogP) is 0.684. The van der Waals surface area contributed by atoms with Crippen LogP contribution < -0.4 is 9.84 Å². The molecule has 1 aromatic carbocycles. The van der Waals surface area contributed by atoms with Crippen LogP contribution in [0.15, 0.2) is 18.2 Å². The highest BCUT2D eigenvalue weighted by Crippen LogP contribution is 2.21. The topological polar surface area (TPSA) is 86.7 Å². The van der Waals surface area contributed by atoms with Crippen LogP contribution in [0.4, 0.5) is 0 Å². The fourth-order valence-electron chi connectivity index (χ4n) is 1.02. The maximum absolute atomic E-state index is 11.2. The zero-order chi connectivity index (χ0) is 12.1. The molecule has 0 saturated heterocycles. The minimum absolute atomic E-state index is 0.0433. The molecule has 1 rings (SSSR count). The molecule has 0 aromatic heterocycles. The summed E-state index contributed by atoms with van der Waals surface area (Å²) in [7, 11) is 0. The smallest absolute Gasteiger partial charge is 0.335 e. The molecule has 5 nitrogen and oxygen atoms in total. The Hall–Kier alpha value is -1.69. The summed E-state index contributed by atoms with van der Waals surface area (Å²) in [5, 5.41) is 19.8. The Morgan fingerprint density at radius 1 is 1.44 bits per heavy atom. The van der Waals surface area contributed by atoms with Gasteiger partial charge < -0.3 is 14.9 Å². The first kappa shape index (κ1) is 12.4. The SMILES string of the molecule is O=C(CCS)Oc1ccc(C(=O)O)c([O-])c1. The second-order valence-corrected chi connectivity index (χ2v) is 3.36. The number of benzene rings is 1. The number of aromatic carboxylic acids is 1. The molecule has 16 heavy (non-hydrogen) atoms. The molecule has 0 unspecified atom stereocenters. The fourth-order valence-corrected chi connectivity index (χ4v) is 1.20. The zero-order valence-electron chi connectivity index (χ0n) is 8.17. The van der Waals surface area contributed by atoms with E-state index in [0.717, 1.165) is 12.1 Å². The highest BCUT2D eigenvalue weighted by molar-refractivity contribution is 7.80. The summed E-state index contributed by atoms with van der Waals surface area (Å²) in [4.78, 5) is 21.6. The van der Waals surface area contributed by atoms with Crippen molar-refractivity contribution < 1.29 is 24.5 Å². The molecule has 0 aliphatic heterocycles. The van der Waals surface area contributed by atoms with Crippen molar-refractivity contribution in [2.45, 2.75) is 6.42 Å². The minimum atomic E-state index is -1.31. The average Bonchev–Trinajstić information content (AvgIpc) is 2.17. The highest BCUT2D eigenvalue weighted by atomic mass is 32.1. The molecule has 1 N–H and O–H groups in total. The molecule has 0 aliphatic carbocycles. The van der Waals surface area contributed by atoms with Crippen molar-refractivity contribution in [3.63, 3.8) is 0 Å². The van der Waals surface area contributed by atoms with E-state index in [1.165, 1.54) is 6.07 Å². The van der Waals surface area contributed by atoms with Crippen molar-refractivity contribution in [3.05, 3.63) is 23.8 Å². The van der Waals surface area contributed by atoms with Gasteiger partial charge in [-0.05, 0) is 18.2 Å². The van der Waals surface area contributed by atoms with E-state index in [4.69, 9.17) is 9.84 Å². The number of rotatable bonds is 4. The van der Waals surface area contributed by atoms with Crippen LogP contribution in [0.25, 0.3) is 0 Å². The number of carbonyl (C=O) groups excluding carboxylic acids is 1. The Labute approximate surface area is 97.1 Å². The lowest BCUT2D eigenvalue weighted by atomic mass is 10.2. The summed E-state index contributed by atoms with van der Waals surface area (Å²) in [6.07, 6.45) is 0.123. The zero-order valence-corrected chi connectivity index (χ0v) is 9.07. The second kappa shape index (κ2) is 5.41. The van der Waals surface area contributed by atoms with Crippen LogP contribution in [0.1, 0.15) is 16.8 Å². The summed E-state index contributed by atoms with van der Waals surface area (Å²) in [6.45, 7) is 0. The molecule has 86 valence electrons. The van der Waals surface area contributed by atoms with Gasteiger partial charge in [0.1, 0.15) is 5.75 Å². The Kier molecular flexibility index (Phi) is 4.19. The standard InChI is InChI=1S/C10H10O5S/c11-8-5-6(15-9(12)3-4-16)1-2-7(8)10(13)14/h1-2,5,11,16H,3-4H2,(H,13,14)/p-1.